The zero-order valence-corrected chi connectivity index (χ0v) is 12.5. The lowest BCUT2D eigenvalue weighted by Crippen LogP contribution is -2.19. The van der Waals surface area contributed by atoms with Gasteiger partial charge in [-0.15, -0.1) is 0 Å². The van der Waals surface area contributed by atoms with Gasteiger partial charge in [0, 0.05) is 24.1 Å². The molecule has 0 fully saturated rings. The Kier molecular flexibility index (Phi) is 4.15. The second-order valence-corrected chi connectivity index (χ2v) is 5.65. The molecule has 0 spiro atoms. The molecule has 0 amide bonds. The Hall–Kier alpha value is -1.55. The van der Waals surface area contributed by atoms with Crippen LogP contribution in [0.5, 0.6) is 5.75 Å². The fraction of sp³-hybridized carbons (Fsp3) is 0.294. The highest BCUT2D eigenvalue weighted by molar-refractivity contribution is 6.30. The maximum absolute atomic E-state index is 10.3. The molecule has 1 heterocycles. The molecule has 21 heavy (non-hydrogen) atoms. The molecule has 3 nitrogen and oxygen atoms in total. The van der Waals surface area contributed by atoms with Gasteiger partial charge in [0.15, 0.2) is 0 Å². The number of fused-ring (bicyclic) bond motifs is 1. The van der Waals surface area contributed by atoms with Crippen LogP contribution in [0.25, 0.3) is 0 Å². The molecule has 4 heteroatoms. The summed E-state index contributed by atoms with van der Waals surface area (Å²) in [6.45, 7) is 0.565. The van der Waals surface area contributed by atoms with Crippen molar-refractivity contribution in [3.05, 3.63) is 64.2 Å². The minimum atomic E-state index is -0.566. The molecule has 1 aliphatic heterocycles. The van der Waals surface area contributed by atoms with Gasteiger partial charge in [-0.1, -0.05) is 29.8 Å². The summed E-state index contributed by atoms with van der Waals surface area (Å²) in [7, 11) is 1.67. The fourth-order valence-electron chi connectivity index (χ4n) is 2.67. The first-order chi connectivity index (χ1) is 10.2. The third-order valence-electron chi connectivity index (χ3n) is 3.67. The van der Waals surface area contributed by atoms with Crippen molar-refractivity contribution in [2.75, 3.05) is 7.11 Å². The molecule has 0 aromatic heterocycles. The predicted molar refractivity (Wildman–Crippen MR) is 81.6 cm³/mol. The van der Waals surface area contributed by atoms with Crippen molar-refractivity contribution < 1.29 is 14.6 Å². The van der Waals surface area contributed by atoms with Crippen LogP contribution in [0.15, 0.2) is 42.5 Å². The maximum atomic E-state index is 10.3. The average Bonchev–Trinajstić information content (AvgIpc) is 2.48. The van der Waals surface area contributed by atoms with E-state index in [0.29, 0.717) is 23.8 Å². The summed E-state index contributed by atoms with van der Waals surface area (Å²) in [5.74, 6) is 0.695. The SMILES string of the molecule is COCc1cccc(C2C[C@@H](O)c3cc(Cl)ccc3O2)c1. The molecule has 1 aliphatic rings. The van der Waals surface area contributed by atoms with Gasteiger partial charge >= 0.3 is 0 Å². The number of aliphatic hydroxyl groups is 1. The molecule has 0 saturated heterocycles. The highest BCUT2D eigenvalue weighted by atomic mass is 35.5. The van der Waals surface area contributed by atoms with Gasteiger partial charge in [0.05, 0.1) is 12.7 Å². The molecule has 0 bridgehead atoms. The fourth-order valence-corrected chi connectivity index (χ4v) is 2.85. The monoisotopic (exact) mass is 304 g/mol. The summed E-state index contributed by atoms with van der Waals surface area (Å²) >= 11 is 5.97. The van der Waals surface area contributed by atoms with Crippen LogP contribution in [0.1, 0.15) is 35.3 Å². The Morgan fingerprint density at radius 2 is 2.14 bits per heavy atom. The number of methoxy groups -OCH3 is 1. The van der Waals surface area contributed by atoms with Crippen molar-refractivity contribution in [3.8, 4) is 5.75 Å². The highest BCUT2D eigenvalue weighted by Gasteiger charge is 2.28. The Morgan fingerprint density at radius 1 is 1.29 bits per heavy atom. The Bertz CT molecular complexity index is 642. The van der Waals surface area contributed by atoms with E-state index in [4.69, 9.17) is 21.1 Å². The lowest BCUT2D eigenvalue weighted by Gasteiger charge is -2.30. The molecule has 2 atom stereocenters. The molecule has 110 valence electrons. The van der Waals surface area contributed by atoms with Gasteiger partial charge in [-0.2, -0.15) is 0 Å². The van der Waals surface area contributed by atoms with Crippen LogP contribution in [0.4, 0.5) is 0 Å². The first-order valence-corrected chi connectivity index (χ1v) is 7.27. The quantitative estimate of drug-likeness (QED) is 0.930. The number of halogens is 1. The summed E-state index contributed by atoms with van der Waals surface area (Å²) in [6, 6.07) is 13.4. The van der Waals surface area contributed by atoms with Crippen LogP contribution < -0.4 is 4.74 Å². The topological polar surface area (TPSA) is 38.7 Å². The van der Waals surface area contributed by atoms with Crippen LogP contribution in [0.3, 0.4) is 0 Å². The van der Waals surface area contributed by atoms with Gasteiger partial charge in [-0.05, 0) is 35.4 Å². The van der Waals surface area contributed by atoms with E-state index in [0.717, 1.165) is 16.7 Å². The van der Waals surface area contributed by atoms with E-state index in [1.165, 1.54) is 0 Å². The Morgan fingerprint density at radius 3 is 2.95 bits per heavy atom. The van der Waals surface area contributed by atoms with E-state index < -0.39 is 6.10 Å². The number of aliphatic hydroxyl groups excluding tert-OH is 1. The largest absolute Gasteiger partial charge is 0.485 e. The number of hydrogen-bond donors (Lipinski definition) is 1. The normalized spacial score (nSPS) is 20.7. The number of ether oxygens (including phenoxy) is 2. The van der Waals surface area contributed by atoms with Crippen molar-refractivity contribution in [2.45, 2.75) is 25.2 Å². The zero-order chi connectivity index (χ0) is 14.8. The Labute approximate surface area is 129 Å². The van der Waals surface area contributed by atoms with E-state index in [1.807, 2.05) is 24.3 Å². The summed E-state index contributed by atoms with van der Waals surface area (Å²) in [6.07, 6.45) is -0.210. The van der Waals surface area contributed by atoms with E-state index in [9.17, 15) is 5.11 Å². The van der Waals surface area contributed by atoms with E-state index in [1.54, 1.807) is 19.2 Å². The number of rotatable bonds is 3. The second kappa shape index (κ2) is 6.06. The van der Waals surface area contributed by atoms with Gasteiger partial charge < -0.3 is 14.6 Å². The van der Waals surface area contributed by atoms with Gasteiger partial charge in [-0.25, -0.2) is 0 Å². The maximum Gasteiger partial charge on any atom is 0.127 e. The van der Waals surface area contributed by atoms with Crippen LogP contribution in [0, 0.1) is 0 Å². The molecular formula is C17H17ClO3. The summed E-state index contributed by atoms with van der Waals surface area (Å²) < 4.78 is 11.2. The number of benzene rings is 2. The number of hydrogen-bond acceptors (Lipinski definition) is 3. The van der Waals surface area contributed by atoms with E-state index in [-0.39, 0.29) is 6.10 Å². The van der Waals surface area contributed by atoms with Crippen molar-refractivity contribution >= 4 is 11.6 Å². The van der Waals surface area contributed by atoms with Crippen molar-refractivity contribution in [2.24, 2.45) is 0 Å². The minimum absolute atomic E-state index is 0.162. The second-order valence-electron chi connectivity index (χ2n) is 5.22. The van der Waals surface area contributed by atoms with Crippen molar-refractivity contribution in [1.29, 1.82) is 0 Å². The zero-order valence-electron chi connectivity index (χ0n) is 11.8. The van der Waals surface area contributed by atoms with Gasteiger partial charge in [-0.3, -0.25) is 0 Å². The van der Waals surface area contributed by atoms with Gasteiger partial charge in [0.2, 0.25) is 0 Å². The molecule has 0 saturated carbocycles. The lowest BCUT2D eigenvalue weighted by molar-refractivity contribution is 0.0656. The molecule has 1 unspecified atom stereocenters. The molecule has 2 aromatic rings. The molecule has 1 N–H and O–H groups in total. The summed E-state index contributed by atoms with van der Waals surface area (Å²) in [5, 5.41) is 10.9. The van der Waals surface area contributed by atoms with Crippen LogP contribution >= 0.6 is 11.6 Å². The van der Waals surface area contributed by atoms with E-state index in [2.05, 4.69) is 6.07 Å². The molecule has 0 radical (unpaired) electrons. The van der Waals surface area contributed by atoms with Crippen molar-refractivity contribution in [3.63, 3.8) is 0 Å². The van der Waals surface area contributed by atoms with Gasteiger partial charge in [0.1, 0.15) is 11.9 Å². The average molecular weight is 305 g/mol. The van der Waals surface area contributed by atoms with Crippen molar-refractivity contribution in [1.82, 2.24) is 0 Å². The summed E-state index contributed by atoms with van der Waals surface area (Å²) in [5.41, 5.74) is 2.89. The van der Waals surface area contributed by atoms with Crippen LogP contribution in [-0.4, -0.2) is 12.2 Å². The molecule has 3 rings (SSSR count). The molecule has 0 aliphatic carbocycles. The smallest absolute Gasteiger partial charge is 0.127 e. The third-order valence-corrected chi connectivity index (χ3v) is 3.91. The lowest BCUT2D eigenvalue weighted by atomic mass is 9.94. The highest BCUT2D eigenvalue weighted by Crippen LogP contribution is 2.41. The predicted octanol–water partition coefficient (Wildman–Crippen LogP) is 4.04. The molecule has 2 aromatic carbocycles. The van der Waals surface area contributed by atoms with E-state index >= 15 is 0 Å². The van der Waals surface area contributed by atoms with Crippen LogP contribution in [0.2, 0.25) is 5.02 Å². The standard InChI is InChI=1S/C17H17ClO3/c1-20-10-11-3-2-4-12(7-11)17-9-15(19)14-8-13(18)5-6-16(14)21-17/h2-8,15,17,19H,9-10H2,1H3/t15-,17?/m1/s1. The third kappa shape index (κ3) is 3.05. The first kappa shape index (κ1) is 14.4. The molecular weight excluding hydrogens is 288 g/mol. The minimum Gasteiger partial charge on any atom is -0.485 e. The summed E-state index contributed by atoms with van der Waals surface area (Å²) in [4.78, 5) is 0. The van der Waals surface area contributed by atoms with Gasteiger partial charge in [0.25, 0.3) is 0 Å². The van der Waals surface area contributed by atoms with Crippen LogP contribution in [-0.2, 0) is 11.3 Å². The Balaban J connectivity index is 1.88. The first-order valence-electron chi connectivity index (χ1n) is 6.89.